The highest BCUT2D eigenvalue weighted by atomic mass is 15.1. The fourth-order valence-corrected chi connectivity index (χ4v) is 11.4. The maximum absolute atomic E-state index is 3.85. The number of aromatic nitrogens is 1. The van der Waals surface area contributed by atoms with Crippen LogP contribution in [0.1, 0.15) is 44.5 Å². The summed E-state index contributed by atoms with van der Waals surface area (Å²) in [7, 11) is 0. The van der Waals surface area contributed by atoms with Gasteiger partial charge in [0.25, 0.3) is 0 Å². The number of hydrogen-bond donors (Lipinski definition) is 1. The van der Waals surface area contributed by atoms with E-state index in [1.165, 1.54) is 99.8 Å². The molecule has 0 aliphatic carbocycles. The van der Waals surface area contributed by atoms with Crippen molar-refractivity contribution < 1.29 is 0 Å². The topological polar surface area (TPSA) is 20.2 Å². The van der Waals surface area contributed by atoms with Crippen molar-refractivity contribution in [3.63, 3.8) is 0 Å². The number of benzene rings is 10. The van der Waals surface area contributed by atoms with Crippen molar-refractivity contribution in [2.45, 2.75) is 55.4 Å². The predicted molar refractivity (Wildman–Crippen MR) is 305 cm³/mol. The summed E-state index contributed by atoms with van der Waals surface area (Å²) in [5.74, 6) is 0. The van der Waals surface area contributed by atoms with E-state index in [1.807, 2.05) is 0 Å². The molecule has 0 aliphatic rings. The Labute approximate surface area is 419 Å². The second-order valence-corrected chi connectivity index (χ2v) is 19.5. The molecule has 1 N–H and O–H groups in total. The number of nitrogens with one attached hydrogen (secondary N) is 1. The van der Waals surface area contributed by atoms with Crippen LogP contribution >= 0.6 is 0 Å². The van der Waals surface area contributed by atoms with E-state index in [0.717, 1.165) is 45.2 Å². The molecule has 0 saturated heterocycles. The molecule has 10 aromatic carbocycles. The highest BCUT2D eigenvalue weighted by Gasteiger charge is 2.22. The molecule has 346 valence electrons. The monoisotopic (exact) mass is 917 g/mol. The summed E-state index contributed by atoms with van der Waals surface area (Å²) in [5.41, 5.74) is 28.6. The van der Waals surface area contributed by atoms with E-state index in [2.05, 4.69) is 276 Å². The van der Waals surface area contributed by atoms with Crippen molar-refractivity contribution >= 4 is 50.2 Å². The molecule has 1 aromatic heterocycles. The highest BCUT2D eigenvalue weighted by molar-refractivity contribution is 6.12. The van der Waals surface area contributed by atoms with E-state index in [-0.39, 0.29) is 0 Å². The van der Waals surface area contributed by atoms with Gasteiger partial charge in [-0.05, 0) is 223 Å². The third kappa shape index (κ3) is 8.38. The molecule has 1 heterocycles. The van der Waals surface area contributed by atoms with Crippen LogP contribution in [0.3, 0.4) is 0 Å². The van der Waals surface area contributed by atoms with E-state index in [1.54, 1.807) is 0 Å². The SMILES string of the molecule is Cc1cccc(C)c1-c1cccc(N(c2cccc(-c3c(C)cccc3C)c2)c2cc(Nc3ccccc3)cc(-n3c4ccc(-c5c(C)cccc5C)cc4c4cc(-c5c(C)cccc5C)ccc43)c2)c1. The molecule has 11 aromatic rings. The minimum absolute atomic E-state index is 0.986. The average molecular weight is 918 g/mol. The van der Waals surface area contributed by atoms with Crippen LogP contribution in [-0.2, 0) is 0 Å². The van der Waals surface area contributed by atoms with Crippen molar-refractivity contribution in [3.05, 3.63) is 251 Å². The van der Waals surface area contributed by atoms with Gasteiger partial charge in [0, 0.05) is 33.5 Å². The number of anilines is 5. The molecule has 3 nitrogen and oxygen atoms in total. The second-order valence-electron chi connectivity index (χ2n) is 19.5. The van der Waals surface area contributed by atoms with E-state index in [9.17, 15) is 0 Å². The number of para-hydroxylation sites is 1. The van der Waals surface area contributed by atoms with Gasteiger partial charge >= 0.3 is 0 Å². The third-order valence-corrected chi connectivity index (χ3v) is 14.5. The minimum atomic E-state index is 0.986. The van der Waals surface area contributed by atoms with Crippen LogP contribution in [0.25, 0.3) is 72.0 Å². The standard InChI is InChI=1S/C68H59N3/c1-43-18-12-19-44(2)65(43)51-26-16-30-57(36-51)70(58-31-17-27-52(37-58)66-45(3)20-13-21-46(66)4)59-40-56(69-55-28-10-9-11-29-55)41-60(42-59)71-63-34-32-53(67-47(5)22-14-23-48(67)6)38-61(63)62-39-54(33-35-64(62)71)68-49(7)24-15-25-50(68)8/h9-42,69H,1-8H3. The molecule has 0 amide bonds. The average Bonchev–Trinajstić information content (AvgIpc) is 3.68. The number of nitrogens with zero attached hydrogens (tertiary/aromatic N) is 2. The van der Waals surface area contributed by atoms with Gasteiger partial charge in [0.1, 0.15) is 0 Å². The van der Waals surface area contributed by atoms with E-state index in [4.69, 9.17) is 0 Å². The molecule has 0 aliphatic heterocycles. The first-order valence-corrected chi connectivity index (χ1v) is 24.8. The Hall–Kier alpha value is -8.40. The van der Waals surface area contributed by atoms with Crippen molar-refractivity contribution in [3.8, 4) is 50.2 Å². The Bertz CT molecular complexity index is 3550. The van der Waals surface area contributed by atoms with Crippen molar-refractivity contribution in [2.75, 3.05) is 10.2 Å². The smallest absolute Gasteiger partial charge is 0.0541 e. The number of rotatable bonds is 10. The molecule has 0 saturated carbocycles. The zero-order valence-corrected chi connectivity index (χ0v) is 42.0. The summed E-state index contributed by atoms with van der Waals surface area (Å²) in [5, 5.41) is 6.29. The molecular formula is C68H59N3. The summed E-state index contributed by atoms with van der Waals surface area (Å²) >= 11 is 0. The van der Waals surface area contributed by atoms with Crippen molar-refractivity contribution in [1.29, 1.82) is 0 Å². The molecule has 3 heteroatoms. The van der Waals surface area contributed by atoms with E-state index in [0.29, 0.717) is 0 Å². The summed E-state index contributed by atoms with van der Waals surface area (Å²) < 4.78 is 2.48. The summed E-state index contributed by atoms with van der Waals surface area (Å²) in [6, 6.07) is 76.2. The van der Waals surface area contributed by atoms with Crippen LogP contribution in [0.15, 0.2) is 206 Å². The first kappa shape index (κ1) is 45.1. The molecule has 0 radical (unpaired) electrons. The summed E-state index contributed by atoms with van der Waals surface area (Å²) in [6.45, 7) is 17.8. The fraction of sp³-hybridized carbons (Fsp3) is 0.118. The van der Waals surface area contributed by atoms with E-state index >= 15 is 0 Å². The van der Waals surface area contributed by atoms with Crippen LogP contribution in [0, 0.1) is 55.4 Å². The molecule has 11 rings (SSSR count). The molecule has 71 heavy (non-hydrogen) atoms. The quantitative estimate of drug-likeness (QED) is 0.147. The van der Waals surface area contributed by atoms with Gasteiger partial charge in [-0.15, -0.1) is 0 Å². The van der Waals surface area contributed by atoms with Crippen LogP contribution in [0.2, 0.25) is 0 Å². The van der Waals surface area contributed by atoms with Gasteiger partial charge in [-0.1, -0.05) is 127 Å². The van der Waals surface area contributed by atoms with Crippen LogP contribution in [-0.4, -0.2) is 4.57 Å². The maximum atomic E-state index is 3.85. The van der Waals surface area contributed by atoms with Gasteiger partial charge in [-0.3, -0.25) is 0 Å². The van der Waals surface area contributed by atoms with Gasteiger partial charge in [-0.2, -0.15) is 0 Å². The van der Waals surface area contributed by atoms with Crippen LogP contribution < -0.4 is 10.2 Å². The number of aryl methyl sites for hydroxylation is 8. The number of fused-ring (bicyclic) bond motifs is 3. The maximum Gasteiger partial charge on any atom is 0.0541 e. The Morgan fingerprint density at radius 1 is 0.296 bits per heavy atom. The van der Waals surface area contributed by atoms with E-state index < -0.39 is 0 Å². The Balaban J connectivity index is 1.20. The zero-order chi connectivity index (χ0) is 48.9. The van der Waals surface area contributed by atoms with Gasteiger partial charge < -0.3 is 14.8 Å². The van der Waals surface area contributed by atoms with Gasteiger partial charge in [-0.25, -0.2) is 0 Å². The van der Waals surface area contributed by atoms with Gasteiger partial charge in [0.15, 0.2) is 0 Å². The lowest BCUT2D eigenvalue weighted by molar-refractivity contribution is 1.17. The summed E-state index contributed by atoms with van der Waals surface area (Å²) in [4.78, 5) is 2.44. The minimum Gasteiger partial charge on any atom is -0.355 e. The number of hydrogen-bond acceptors (Lipinski definition) is 2. The lowest BCUT2D eigenvalue weighted by atomic mass is 9.93. The first-order valence-electron chi connectivity index (χ1n) is 24.8. The lowest BCUT2D eigenvalue weighted by Crippen LogP contribution is -2.12. The molecule has 0 unspecified atom stereocenters. The van der Waals surface area contributed by atoms with Crippen molar-refractivity contribution in [2.24, 2.45) is 0 Å². The fourth-order valence-electron chi connectivity index (χ4n) is 11.4. The largest absolute Gasteiger partial charge is 0.355 e. The zero-order valence-electron chi connectivity index (χ0n) is 42.0. The predicted octanol–water partition coefficient (Wildman–Crippen LogP) is 19.1. The second kappa shape index (κ2) is 18.5. The lowest BCUT2D eigenvalue weighted by Gasteiger charge is -2.28. The molecule has 0 atom stereocenters. The third-order valence-electron chi connectivity index (χ3n) is 14.5. The molecule has 0 spiro atoms. The van der Waals surface area contributed by atoms with Crippen LogP contribution in [0.5, 0.6) is 0 Å². The first-order chi connectivity index (χ1) is 34.5. The molecule has 0 fully saturated rings. The highest BCUT2D eigenvalue weighted by Crippen LogP contribution is 2.45. The molecular weight excluding hydrogens is 859 g/mol. The summed E-state index contributed by atoms with van der Waals surface area (Å²) in [6.07, 6.45) is 0. The Morgan fingerprint density at radius 2 is 0.676 bits per heavy atom. The van der Waals surface area contributed by atoms with Crippen molar-refractivity contribution in [1.82, 2.24) is 4.57 Å². The van der Waals surface area contributed by atoms with Gasteiger partial charge in [0.2, 0.25) is 0 Å². The molecule has 0 bridgehead atoms. The Morgan fingerprint density at radius 3 is 1.08 bits per heavy atom. The normalized spacial score (nSPS) is 11.4. The van der Waals surface area contributed by atoms with Crippen LogP contribution in [0.4, 0.5) is 28.4 Å². The van der Waals surface area contributed by atoms with Gasteiger partial charge in [0.05, 0.1) is 22.4 Å². The Kier molecular flexibility index (Phi) is 11.7.